The summed E-state index contributed by atoms with van der Waals surface area (Å²) in [6.07, 6.45) is 4.35. The molecule has 2 aliphatic heterocycles. The maximum absolute atomic E-state index is 13.3. The number of piperazine rings is 1. The monoisotopic (exact) mass is 369 g/mol. The van der Waals surface area contributed by atoms with Crippen LogP contribution >= 0.6 is 0 Å². The molecule has 0 spiro atoms. The Morgan fingerprint density at radius 3 is 2.15 bits per heavy atom. The van der Waals surface area contributed by atoms with Gasteiger partial charge in [-0.05, 0) is 58.1 Å². The van der Waals surface area contributed by atoms with Crippen LogP contribution in [0.5, 0.6) is 0 Å². The second kappa shape index (κ2) is 7.56. The van der Waals surface area contributed by atoms with Gasteiger partial charge in [-0.25, -0.2) is 0 Å². The van der Waals surface area contributed by atoms with E-state index in [0.717, 1.165) is 44.7 Å². The van der Waals surface area contributed by atoms with Gasteiger partial charge >= 0.3 is 0 Å². The average molecular weight is 370 g/mol. The number of hydrogen-bond donors (Lipinski definition) is 0. The Morgan fingerprint density at radius 2 is 1.59 bits per heavy atom. The molecule has 1 aromatic rings. The molecule has 1 amide bonds. The molecule has 1 atom stereocenters. The van der Waals surface area contributed by atoms with Crippen LogP contribution in [0.25, 0.3) is 0 Å². The molecule has 2 heterocycles. The van der Waals surface area contributed by atoms with Crippen LogP contribution in [0.2, 0.25) is 0 Å². The standard InChI is InChI=1S/C23H35N3O/c1-18-4-6-21(7-5-18)23(10-11-23)22(27)26-12-8-20(9-13-26)19(2)25-16-14-24(3)15-17-25/h4-7,19-20H,8-17H2,1-3H3/t19-/m1/s1. The van der Waals surface area contributed by atoms with Gasteiger partial charge in [0.2, 0.25) is 5.91 Å². The van der Waals surface area contributed by atoms with E-state index in [1.54, 1.807) is 0 Å². The van der Waals surface area contributed by atoms with E-state index in [-0.39, 0.29) is 5.41 Å². The first-order valence-corrected chi connectivity index (χ1v) is 10.8. The summed E-state index contributed by atoms with van der Waals surface area (Å²) < 4.78 is 0. The third kappa shape index (κ3) is 3.79. The first-order valence-electron chi connectivity index (χ1n) is 10.8. The predicted octanol–water partition coefficient (Wildman–Crippen LogP) is 2.90. The SMILES string of the molecule is Cc1ccc(C2(C(=O)N3CCC([C@@H](C)N4CCN(C)CC4)CC3)CC2)cc1. The minimum absolute atomic E-state index is 0.205. The largest absolute Gasteiger partial charge is 0.342 e. The molecule has 4 nitrogen and oxygen atoms in total. The number of piperidine rings is 1. The van der Waals surface area contributed by atoms with Gasteiger partial charge in [-0.1, -0.05) is 29.8 Å². The first kappa shape index (κ1) is 18.9. The van der Waals surface area contributed by atoms with Gasteiger partial charge in [-0.2, -0.15) is 0 Å². The van der Waals surface area contributed by atoms with E-state index in [9.17, 15) is 4.79 Å². The number of carbonyl (C=O) groups excluding carboxylic acids is 1. The Morgan fingerprint density at radius 1 is 1.00 bits per heavy atom. The highest BCUT2D eigenvalue weighted by Crippen LogP contribution is 2.50. The summed E-state index contributed by atoms with van der Waals surface area (Å²) in [5.41, 5.74) is 2.29. The van der Waals surface area contributed by atoms with Crippen molar-refractivity contribution < 1.29 is 4.79 Å². The molecule has 1 aliphatic carbocycles. The molecule has 0 unspecified atom stereocenters. The molecule has 2 saturated heterocycles. The van der Waals surface area contributed by atoms with Crippen molar-refractivity contribution in [2.24, 2.45) is 5.92 Å². The number of aryl methyl sites for hydroxylation is 1. The molecule has 4 heteroatoms. The molecule has 3 aliphatic rings. The molecule has 27 heavy (non-hydrogen) atoms. The third-order valence-electron chi connectivity index (χ3n) is 7.39. The van der Waals surface area contributed by atoms with Crippen molar-refractivity contribution in [1.82, 2.24) is 14.7 Å². The summed E-state index contributed by atoms with van der Waals surface area (Å²) in [5, 5.41) is 0. The van der Waals surface area contributed by atoms with Gasteiger partial charge in [0.15, 0.2) is 0 Å². The Kier molecular flexibility index (Phi) is 5.30. The summed E-state index contributed by atoms with van der Waals surface area (Å²) in [4.78, 5) is 20.5. The number of carbonyl (C=O) groups is 1. The van der Waals surface area contributed by atoms with Crippen molar-refractivity contribution in [3.05, 3.63) is 35.4 Å². The number of nitrogens with zero attached hydrogens (tertiary/aromatic N) is 3. The summed E-state index contributed by atoms with van der Waals surface area (Å²) in [6.45, 7) is 11.1. The summed E-state index contributed by atoms with van der Waals surface area (Å²) in [7, 11) is 2.22. The molecule has 3 fully saturated rings. The van der Waals surface area contributed by atoms with Crippen LogP contribution in [0.3, 0.4) is 0 Å². The maximum atomic E-state index is 13.3. The van der Waals surface area contributed by atoms with Crippen molar-refractivity contribution in [2.45, 2.75) is 51.0 Å². The number of rotatable bonds is 4. The minimum atomic E-state index is -0.205. The molecule has 1 aromatic carbocycles. The molecular weight excluding hydrogens is 334 g/mol. The zero-order valence-electron chi connectivity index (χ0n) is 17.3. The lowest BCUT2D eigenvalue weighted by Gasteiger charge is -2.43. The van der Waals surface area contributed by atoms with E-state index in [1.807, 2.05) is 0 Å². The Bertz CT molecular complexity index is 651. The van der Waals surface area contributed by atoms with Crippen molar-refractivity contribution in [3.8, 4) is 0 Å². The van der Waals surface area contributed by atoms with Crippen LogP contribution in [-0.4, -0.2) is 73.0 Å². The highest BCUT2D eigenvalue weighted by molar-refractivity contribution is 5.91. The third-order valence-corrected chi connectivity index (χ3v) is 7.39. The normalized spacial score (nSPS) is 25.4. The highest BCUT2D eigenvalue weighted by Gasteiger charge is 2.53. The lowest BCUT2D eigenvalue weighted by atomic mass is 9.87. The highest BCUT2D eigenvalue weighted by atomic mass is 16.2. The molecule has 1 saturated carbocycles. The van der Waals surface area contributed by atoms with E-state index >= 15 is 0 Å². The summed E-state index contributed by atoms with van der Waals surface area (Å²) in [6, 6.07) is 9.27. The lowest BCUT2D eigenvalue weighted by Crippen LogP contribution is -2.52. The Hall–Kier alpha value is -1.39. The molecular formula is C23H35N3O. The van der Waals surface area contributed by atoms with E-state index < -0.39 is 0 Å². The fourth-order valence-corrected chi connectivity index (χ4v) is 5.04. The average Bonchev–Trinajstić information content (AvgIpc) is 3.50. The van der Waals surface area contributed by atoms with Crippen LogP contribution in [-0.2, 0) is 10.2 Å². The number of amides is 1. The molecule has 0 aromatic heterocycles. The van der Waals surface area contributed by atoms with Crippen LogP contribution in [0, 0.1) is 12.8 Å². The molecule has 0 radical (unpaired) electrons. The minimum Gasteiger partial charge on any atom is -0.342 e. The molecule has 148 valence electrons. The van der Waals surface area contributed by atoms with Gasteiger partial charge < -0.3 is 9.80 Å². The molecule has 0 bridgehead atoms. The Balaban J connectivity index is 1.34. The smallest absolute Gasteiger partial charge is 0.233 e. The fraction of sp³-hybridized carbons (Fsp3) is 0.696. The second-order valence-electron chi connectivity index (χ2n) is 9.16. The van der Waals surface area contributed by atoms with Gasteiger partial charge in [-0.15, -0.1) is 0 Å². The van der Waals surface area contributed by atoms with Crippen LogP contribution in [0.15, 0.2) is 24.3 Å². The number of benzene rings is 1. The van der Waals surface area contributed by atoms with Crippen molar-refractivity contribution in [3.63, 3.8) is 0 Å². The van der Waals surface area contributed by atoms with Gasteiger partial charge in [0.25, 0.3) is 0 Å². The Labute approximate surface area is 164 Å². The summed E-state index contributed by atoms with van der Waals surface area (Å²) in [5.74, 6) is 1.11. The summed E-state index contributed by atoms with van der Waals surface area (Å²) >= 11 is 0. The van der Waals surface area contributed by atoms with Crippen molar-refractivity contribution >= 4 is 5.91 Å². The van der Waals surface area contributed by atoms with E-state index in [4.69, 9.17) is 0 Å². The number of likely N-dealkylation sites (tertiary alicyclic amines) is 1. The fourth-order valence-electron chi connectivity index (χ4n) is 5.04. The van der Waals surface area contributed by atoms with Gasteiger partial charge in [-0.3, -0.25) is 9.69 Å². The zero-order chi connectivity index (χ0) is 19.0. The van der Waals surface area contributed by atoms with Crippen LogP contribution in [0.4, 0.5) is 0 Å². The molecule has 4 rings (SSSR count). The van der Waals surface area contributed by atoms with Gasteiger partial charge in [0.05, 0.1) is 5.41 Å². The first-order chi connectivity index (χ1) is 13.0. The van der Waals surface area contributed by atoms with E-state index in [0.29, 0.717) is 11.9 Å². The topological polar surface area (TPSA) is 26.8 Å². The van der Waals surface area contributed by atoms with E-state index in [2.05, 4.69) is 59.9 Å². The molecule has 0 N–H and O–H groups in total. The number of hydrogen-bond acceptors (Lipinski definition) is 3. The second-order valence-corrected chi connectivity index (χ2v) is 9.16. The predicted molar refractivity (Wildman–Crippen MR) is 110 cm³/mol. The van der Waals surface area contributed by atoms with Gasteiger partial charge in [0, 0.05) is 45.3 Å². The lowest BCUT2D eigenvalue weighted by molar-refractivity contribution is -0.135. The van der Waals surface area contributed by atoms with Crippen LogP contribution < -0.4 is 0 Å². The van der Waals surface area contributed by atoms with E-state index in [1.165, 1.54) is 37.3 Å². The zero-order valence-corrected chi connectivity index (χ0v) is 17.3. The quantitative estimate of drug-likeness (QED) is 0.816. The van der Waals surface area contributed by atoms with Gasteiger partial charge in [0.1, 0.15) is 0 Å². The maximum Gasteiger partial charge on any atom is 0.233 e. The van der Waals surface area contributed by atoms with Crippen molar-refractivity contribution in [1.29, 1.82) is 0 Å². The number of likely N-dealkylation sites (N-methyl/N-ethyl adjacent to an activating group) is 1. The van der Waals surface area contributed by atoms with Crippen LogP contribution in [0.1, 0.15) is 43.7 Å². The van der Waals surface area contributed by atoms with Crippen molar-refractivity contribution in [2.75, 3.05) is 46.3 Å².